The molecule has 2 aliphatic rings. The van der Waals surface area contributed by atoms with Crippen LogP contribution in [0, 0.1) is 0 Å². The molecule has 0 aromatic carbocycles. The van der Waals surface area contributed by atoms with Crippen molar-refractivity contribution in [2.75, 3.05) is 20.3 Å². The number of pyridine rings is 1. The number of carbonyl (C=O) groups is 2. The number of hydrogen-bond acceptors (Lipinski definition) is 8. The van der Waals surface area contributed by atoms with Gasteiger partial charge in [-0.15, -0.1) is 11.3 Å². The molecule has 1 saturated heterocycles. The topological polar surface area (TPSA) is 138 Å². The van der Waals surface area contributed by atoms with Crippen LogP contribution >= 0.6 is 11.3 Å². The minimum atomic E-state index is -1.66. The Morgan fingerprint density at radius 3 is 2.58 bits per heavy atom. The van der Waals surface area contributed by atoms with Gasteiger partial charge in [-0.3, -0.25) is 4.98 Å². The van der Waals surface area contributed by atoms with Crippen molar-refractivity contribution in [2.24, 2.45) is 0 Å². The maximum Gasteiger partial charge on any atom is 0.371 e. The molecule has 0 unspecified atom stereocenters. The van der Waals surface area contributed by atoms with Gasteiger partial charge in [-0.05, 0) is 62.2 Å². The number of methoxy groups -OCH3 is 1. The first-order valence-corrected chi connectivity index (χ1v) is 12.9. The molecule has 1 spiro atoms. The van der Waals surface area contributed by atoms with E-state index in [0.717, 1.165) is 44.7 Å². The lowest BCUT2D eigenvalue weighted by atomic mass is 9.68. The summed E-state index contributed by atoms with van der Waals surface area (Å²) in [6, 6.07) is 8.41. The van der Waals surface area contributed by atoms with Crippen molar-refractivity contribution in [2.45, 2.75) is 62.5 Å². The van der Waals surface area contributed by atoms with Crippen molar-refractivity contribution < 1.29 is 34.4 Å². The molecule has 36 heavy (non-hydrogen) atoms. The predicted molar refractivity (Wildman–Crippen MR) is 135 cm³/mol. The fourth-order valence-corrected chi connectivity index (χ4v) is 5.95. The first-order valence-electron chi connectivity index (χ1n) is 12.0. The number of rotatable bonds is 9. The molecule has 1 aliphatic carbocycles. The van der Waals surface area contributed by atoms with Gasteiger partial charge in [-0.1, -0.05) is 18.9 Å². The Morgan fingerprint density at radius 2 is 1.97 bits per heavy atom. The maximum absolute atomic E-state index is 9.65. The minimum Gasteiger partial charge on any atom is -0.502 e. The molecule has 3 heterocycles. The van der Waals surface area contributed by atoms with Crippen LogP contribution in [-0.2, 0) is 26.3 Å². The third-order valence-electron chi connectivity index (χ3n) is 6.84. The normalized spacial score (nSPS) is 21.0. The van der Waals surface area contributed by atoms with Crippen molar-refractivity contribution in [1.29, 1.82) is 0 Å². The van der Waals surface area contributed by atoms with E-state index in [1.54, 1.807) is 18.4 Å². The number of aliphatic hydroxyl groups excluding tert-OH is 1. The highest BCUT2D eigenvalue weighted by Crippen LogP contribution is 2.49. The van der Waals surface area contributed by atoms with Crippen LogP contribution < -0.4 is 10.1 Å². The molecule has 196 valence electrons. The van der Waals surface area contributed by atoms with Gasteiger partial charge in [0.1, 0.15) is 5.75 Å². The number of hydrogen-bond donors (Lipinski definition) is 4. The molecule has 0 radical (unpaired) electrons. The summed E-state index contributed by atoms with van der Waals surface area (Å²) < 4.78 is 11.8. The van der Waals surface area contributed by atoms with Gasteiger partial charge in [0.2, 0.25) is 5.76 Å². The molecule has 2 aromatic heterocycles. The number of carboxylic acid groups (broad SMARTS) is 2. The highest BCUT2D eigenvalue weighted by molar-refractivity contribution is 7.10. The fourth-order valence-electron chi connectivity index (χ4n) is 5.14. The van der Waals surface area contributed by atoms with Crippen LogP contribution in [0.1, 0.15) is 55.5 Å². The minimum absolute atomic E-state index is 0.0900. The second kappa shape index (κ2) is 12.8. The molecule has 1 saturated carbocycles. The molecule has 0 bridgehead atoms. The Labute approximate surface area is 214 Å². The summed E-state index contributed by atoms with van der Waals surface area (Å²) in [5, 5.41) is 29.6. The summed E-state index contributed by atoms with van der Waals surface area (Å²) in [6.45, 7) is 2.70. The van der Waals surface area contributed by atoms with E-state index in [0.29, 0.717) is 0 Å². The summed E-state index contributed by atoms with van der Waals surface area (Å²) in [5.41, 5.74) is 1.46. The van der Waals surface area contributed by atoms with Crippen molar-refractivity contribution in [3.63, 3.8) is 0 Å². The summed E-state index contributed by atoms with van der Waals surface area (Å²) in [6.07, 6.45) is 10.4. The van der Waals surface area contributed by atoms with Crippen LogP contribution in [0.3, 0.4) is 0 Å². The third-order valence-corrected chi connectivity index (χ3v) is 7.74. The van der Waals surface area contributed by atoms with Gasteiger partial charge in [-0.25, -0.2) is 9.59 Å². The van der Waals surface area contributed by atoms with E-state index in [2.05, 4.69) is 22.8 Å². The van der Waals surface area contributed by atoms with Gasteiger partial charge >= 0.3 is 11.9 Å². The van der Waals surface area contributed by atoms with Crippen molar-refractivity contribution in [1.82, 2.24) is 10.3 Å². The van der Waals surface area contributed by atoms with Gasteiger partial charge in [0.05, 0.1) is 23.7 Å². The number of aliphatic carboxylic acids is 2. The molecule has 4 N–H and O–H groups in total. The zero-order valence-electron chi connectivity index (χ0n) is 20.4. The van der Waals surface area contributed by atoms with Crippen molar-refractivity contribution >= 4 is 23.3 Å². The number of nitrogens with one attached hydrogen (secondary N) is 1. The van der Waals surface area contributed by atoms with E-state index < -0.39 is 17.7 Å². The number of aromatic nitrogens is 1. The highest BCUT2D eigenvalue weighted by atomic mass is 32.1. The van der Waals surface area contributed by atoms with E-state index in [-0.39, 0.29) is 17.1 Å². The molecule has 2 aromatic rings. The predicted octanol–water partition coefficient (Wildman–Crippen LogP) is 4.29. The Morgan fingerprint density at radius 1 is 1.19 bits per heavy atom. The summed E-state index contributed by atoms with van der Waals surface area (Å²) in [5.74, 6) is -3.34. The number of thiophene rings is 1. The van der Waals surface area contributed by atoms with Crippen LogP contribution in [0.15, 0.2) is 47.7 Å². The number of carboxylic acids is 2. The smallest absolute Gasteiger partial charge is 0.371 e. The SMILES string of the molecule is COc1ccsc1CNCC[C@@]1(c2ccccn2)CCOC2(CCCC2)C1.O=C(O)/C=C(/O)C(=O)O. The van der Waals surface area contributed by atoms with Crippen LogP contribution in [0.4, 0.5) is 0 Å². The number of ether oxygens (including phenoxy) is 2. The van der Waals surface area contributed by atoms with E-state index >= 15 is 0 Å². The first-order chi connectivity index (χ1) is 17.3. The maximum atomic E-state index is 9.65. The van der Waals surface area contributed by atoms with Crippen molar-refractivity contribution in [3.8, 4) is 5.75 Å². The quantitative estimate of drug-likeness (QED) is 0.217. The highest BCUT2D eigenvalue weighted by Gasteiger charge is 2.48. The molecular formula is C26H34N2O7S. The Bertz CT molecular complexity index is 1030. The molecule has 4 rings (SSSR count). The van der Waals surface area contributed by atoms with Crippen LogP contribution in [0.5, 0.6) is 5.75 Å². The van der Waals surface area contributed by atoms with E-state index in [9.17, 15) is 9.59 Å². The largest absolute Gasteiger partial charge is 0.502 e. The average Bonchev–Trinajstić information content (AvgIpc) is 3.51. The molecule has 2 fully saturated rings. The van der Waals surface area contributed by atoms with Gasteiger partial charge in [0.25, 0.3) is 0 Å². The van der Waals surface area contributed by atoms with Gasteiger partial charge in [-0.2, -0.15) is 0 Å². The molecular weight excluding hydrogens is 484 g/mol. The standard InChI is InChI=1S/C22H30N2O2S.C4H4O5/c1-25-18-7-15-27-19(18)16-23-13-10-21(20-6-2-5-12-24-20)11-14-26-22(17-21)8-3-4-9-22;5-2(4(8)9)1-3(6)7/h2,5-7,12,15,23H,3-4,8-11,13-14,16-17H2,1H3;1,5H,(H,6,7)(H,8,9)/b;2-1+/t21-;/m1./s1. The number of aliphatic hydroxyl groups is 1. The van der Waals surface area contributed by atoms with E-state index in [1.807, 2.05) is 18.3 Å². The Kier molecular flexibility index (Phi) is 9.86. The second-order valence-electron chi connectivity index (χ2n) is 9.17. The summed E-state index contributed by atoms with van der Waals surface area (Å²) in [7, 11) is 1.74. The zero-order chi connectivity index (χ0) is 26.0. The fraction of sp³-hybridized carbons (Fsp3) is 0.500. The zero-order valence-corrected chi connectivity index (χ0v) is 21.3. The summed E-state index contributed by atoms with van der Waals surface area (Å²) >= 11 is 1.75. The molecule has 0 amide bonds. The van der Waals surface area contributed by atoms with Gasteiger partial charge in [0, 0.05) is 30.5 Å². The van der Waals surface area contributed by atoms with Crippen molar-refractivity contribution in [3.05, 3.63) is 58.2 Å². The molecule has 10 heteroatoms. The van der Waals surface area contributed by atoms with E-state index in [1.165, 1.54) is 36.3 Å². The lowest BCUT2D eigenvalue weighted by Crippen LogP contribution is -2.47. The first kappa shape index (κ1) is 27.6. The summed E-state index contributed by atoms with van der Waals surface area (Å²) in [4.78, 5) is 25.3. The van der Waals surface area contributed by atoms with Gasteiger partial charge in [0.15, 0.2) is 0 Å². The Balaban J connectivity index is 0.000000345. The second-order valence-corrected chi connectivity index (χ2v) is 10.2. The molecule has 1 aliphatic heterocycles. The molecule has 9 nitrogen and oxygen atoms in total. The lowest BCUT2D eigenvalue weighted by molar-refractivity contribution is -0.137. The van der Waals surface area contributed by atoms with Crippen LogP contribution in [0.25, 0.3) is 0 Å². The van der Waals surface area contributed by atoms with E-state index in [4.69, 9.17) is 29.8 Å². The third kappa shape index (κ3) is 7.28. The lowest BCUT2D eigenvalue weighted by Gasteiger charge is -2.46. The Hall–Kier alpha value is -2.95. The average molecular weight is 519 g/mol. The van der Waals surface area contributed by atoms with Crippen LogP contribution in [0.2, 0.25) is 0 Å². The van der Waals surface area contributed by atoms with Crippen LogP contribution in [-0.4, -0.2) is 58.1 Å². The van der Waals surface area contributed by atoms with Gasteiger partial charge < -0.3 is 30.1 Å². The monoisotopic (exact) mass is 518 g/mol. The number of nitrogens with zero attached hydrogens (tertiary/aromatic N) is 1. The molecule has 1 atom stereocenters.